The number of hydrogen-bond acceptors (Lipinski definition) is 7. The molecule has 2 rings (SSSR count). The Morgan fingerprint density at radius 3 is 2.70 bits per heavy atom. The standard InChI is InChI=1S/C14H18N2O5S2/c1-9(2)20-13(17)8-22-14-15-11-7-10(5-6-12(11)21-14)23(18,19)16(3)4/h5-7,9H,8H2,1-4H3. The van der Waals surface area contributed by atoms with Gasteiger partial charge in [-0.1, -0.05) is 11.8 Å². The van der Waals surface area contributed by atoms with Crippen molar-refractivity contribution < 1.29 is 22.4 Å². The van der Waals surface area contributed by atoms with Gasteiger partial charge in [0.1, 0.15) is 11.3 Å². The highest BCUT2D eigenvalue weighted by atomic mass is 32.2. The lowest BCUT2D eigenvalue weighted by molar-refractivity contribution is -0.144. The third-order valence-electron chi connectivity index (χ3n) is 2.80. The highest BCUT2D eigenvalue weighted by molar-refractivity contribution is 7.99. The highest BCUT2D eigenvalue weighted by Crippen LogP contribution is 2.26. The van der Waals surface area contributed by atoms with Crippen molar-refractivity contribution in [2.75, 3.05) is 19.8 Å². The van der Waals surface area contributed by atoms with E-state index in [0.717, 1.165) is 16.1 Å². The van der Waals surface area contributed by atoms with Crippen LogP contribution in [0.2, 0.25) is 0 Å². The molecule has 0 radical (unpaired) electrons. The number of rotatable bonds is 6. The van der Waals surface area contributed by atoms with E-state index in [0.29, 0.717) is 16.3 Å². The third-order valence-corrected chi connectivity index (χ3v) is 5.41. The zero-order valence-corrected chi connectivity index (χ0v) is 14.9. The van der Waals surface area contributed by atoms with E-state index in [1.807, 2.05) is 0 Å². The first kappa shape index (κ1) is 17.8. The van der Waals surface area contributed by atoms with Gasteiger partial charge in [-0.2, -0.15) is 0 Å². The molecule has 0 aliphatic heterocycles. The minimum atomic E-state index is -3.53. The van der Waals surface area contributed by atoms with Crippen molar-refractivity contribution in [2.24, 2.45) is 0 Å². The Morgan fingerprint density at radius 1 is 1.39 bits per heavy atom. The molecule has 0 unspecified atom stereocenters. The fraction of sp³-hybridized carbons (Fsp3) is 0.429. The van der Waals surface area contributed by atoms with E-state index < -0.39 is 10.0 Å². The first-order valence-corrected chi connectivity index (χ1v) is 9.28. The lowest BCUT2D eigenvalue weighted by Gasteiger charge is -2.10. The molecular weight excluding hydrogens is 340 g/mol. The normalized spacial score (nSPS) is 12.3. The van der Waals surface area contributed by atoms with Crippen LogP contribution in [0.25, 0.3) is 11.1 Å². The van der Waals surface area contributed by atoms with E-state index in [9.17, 15) is 13.2 Å². The second-order valence-corrected chi connectivity index (χ2v) is 8.30. The van der Waals surface area contributed by atoms with Gasteiger partial charge in [0.25, 0.3) is 5.22 Å². The third kappa shape index (κ3) is 4.24. The van der Waals surface area contributed by atoms with Gasteiger partial charge in [0.15, 0.2) is 5.58 Å². The summed E-state index contributed by atoms with van der Waals surface area (Å²) in [5.74, 6) is -0.281. The number of carbonyl (C=O) groups is 1. The maximum Gasteiger partial charge on any atom is 0.316 e. The van der Waals surface area contributed by atoms with Gasteiger partial charge in [0, 0.05) is 14.1 Å². The van der Waals surface area contributed by atoms with E-state index in [-0.39, 0.29) is 22.7 Å². The lowest BCUT2D eigenvalue weighted by atomic mass is 10.3. The van der Waals surface area contributed by atoms with Crippen molar-refractivity contribution in [1.29, 1.82) is 0 Å². The average Bonchev–Trinajstić information content (AvgIpc) is 2.86. The number of sulfonamides is 1. The van der Waals surface area contributed by atoms with Crippen molar-refractivity contribution in [3.05, 3.63) is 18.2 Å². The quantitative estimate of drug-likeness (QED) is 0.577. The van der Waals surface area contributed by atoms with Crippen LogP contribution in [0.5, 0.6) is 0 Å². The molecule has 0 atom stereocenters. The number of hydrogen-bond donors (Lipinski definition) is 0. The lowest BCUT2D eigenvalue weighted by Crippen LogP contribution is -2.22. The smallest absolute Gasteiger partial charge is 0.316 e. The fourth-order valence-electron chi connectivity index (χ4n) is 1.74. The van der Waals surface area contributed by atoms with Gasteiger partial charge in [-0.3, -0.25) is 4.79 Å². The zero-order chi connectivity index (χ0) is 17.2. The van der Waals surface area contributed by atoms with E-state index in [2.05, 4.69) is 4.98 Å². The first-order chi connectivity index (χ1) is 10.7. The molecule has 9 heteroatoms. The first-order valence-electron chi connectivity index (χ1n) is 6.85. The maximum absolute atomic E-state index is 12.1. The molecule has 126 valence electrons. The number of fused-ring (bicyclic) bond motifs is 1. The number of ether oxygens (including phenoxy) is 1. The monoisotopic (exact) mass is 358 g/mol. The number of nitrogens with zero attached hydrogens (tertiary/aromatic N) is 2. The van der Waals surface area contributed by atoms with Crippen molar-refractivity contribution in [2.45, 2.75) is 30.1 Å². The molecule has 0 saturated carbocycles. The Hall–Kier alpha value is -1.58. The molecule has 0 saturated heterocycles. The number of benzene rings is 1. The molecule has 0 aliphatic rings. The summed E-state index contributed by atoms with van der Waals surface area (Å²) in [4.78, 5) is 15.8. The highest BCUT2D eigenvalue weighted by Gasteiger charge is 2.19. The van der Waals surface area contributed by atoms with Gasteiger partial charge in [0.05, 0.1) is 11.0 Å². The summed E-state index contributed by atoms with van der Waals surface area (Å²) in [6.07, 6.45) is -0.175. The fourth-order valence-corrected chi connectivity index (χ4v) is 3.28. The maximum atomic E-state index is 12.1. The molecule has 0 spiro atoms. The summed E-state index contributed by atoms with van der Waals surface area (Å²) in [6.45, 7) is 3.55. The Morgan fingerprint density at radius 2 is 2.09 bits per heavy atom. The molecule has 0 N–H and O–H groups in total. The predicted molar refractivity (Wildman–Crippen MR) is 86.8 cm³/mol. The molecule has 1 heterocycles. The second-order valence-electron chi connectivity index (χ2n) is 5.22. The largest absolute Gasteiger partial charge is 0.462 e. The van der Waals surface area contributed by atoms with Gasteiger partial charge in [-0.15, -0.1) is 0 Å². The number of thioether (sulfide) groups is 1. The molecule has 1 aromatic heterocycles. The summed E-state index contributed by atoms with van der Waals surface area (Å²) in [5, 5.41) is 0.292. The SMILES string of the molecule is CC(C)OC(=O)CSc1nc2cc(S(=O)(=O)N(C)C)ccc2o1. The minimum absolute atomic E-state index is 0.0772. The van der Waals surface area contributed by atoms with Gasteiger partial charge in [-0.25, -0.2) is 17.7 Å². The van der Waals surface area contributed by atoms with E-state index in [4.69, 9.17) is 9.15 Å². The van der Waals surface area contributed by atoms with E-state index in [1.165, 1.54) is 26.2 Å². The van der Waals surface area contributed by atoms with Crippen LogP contribution in [0.3, 0.4) is 0 Å². The summed E-state index contributed by atoms with van der Waals surface area (Å²) in [7, 11) is -0.603. The molecule has 1 aromatic carbocycles. The van der Waals surface area contributed by atoms with Gasteiger partial charge in [0.2, 0.25) is 10.0 Å². The van der Waals surface area contributed by atoms with Crippen molar-refractivity contribution in [3.8, 4) is 0 Å². The van der Waals surface area contributed by atoms with Crippen molar-refractivity contribution in [1.82, 2.24) is 9.29 Å². The molecule has 23 heavy (non-hydrogen) atoms. The number of aromatic nitrogens is 1. The van der Waals surface area contributed by atoms with Crippen LogP contribution < -0.4 is 0 Å². The molecule has 0 fully saturated rings. The van der Waals surface area contributed by atoms with Crippen LogP contribution in [0.1, 0.15) is 13.8 Å². The van der Waals surface area contributed by atoms with Crippen molar-refractivity contribution in [3.63, 3.8) is 0 Å². The topological polar surface area (TPSA) is 89.7 Å². The Labute approximate surface area is 139 Å². The summed E-state index contributed by atoms with van der Waals surface area (Å²) in [5.41, 5.74) is 0.884. The van der Waals surface area contributed by atoms with Crippen LogP contribution >= 0.6 is 11.8 Å². The Kier molecular flexibility index (Phi) is 5.33. The molecule has 0 aliphatic carbocycles. The van der Waals surface area contributed by atoms with Crippen LogP contribution in [0.15, 0.2) is 32.7 Å². The van der Waals surface area contributed by atoms with Crippen LogP contribution in [-0.2, 0) is 19.6 Å². The molecule has 0 amide bonds. The predicted octanol–water partition coefficient (Wildman–Crippen LogP) is 2.12. The minimum Gasteiger partial charge on any atom is -0.462 e. The number of carbonyl (C=O) groups excluding carboxylic acids is 1. The summed E-state index contributed by atoms with van der Waals surface area (Å²) in [6, 6.07) is 4.46. The Bertz CT molecular complexity index is 812. The zero-order valence-electron chi connectivity index (χ0n) is 13.3. The number of esters is 1. The van der Waals surface area contributed by atoms with Crippen molar-refractivity contribution >= 4 is 38.9 Å². The summed E-state index contributed by atoms with van der Waals surface area (Å²) < 4.78 is 35.8. The molecule has 7 nitrogen and oxygen atoms in total. The van der Waals surface area contributed by atoms with Crippen LogP contribution in [0.4, 0.5) is 0 Å². The summed E-state index contributed by atoms with van der Waals surface area (Å²) >= 11 is 1.10. The second kappa shape index (κ2) is 6.90. The molecule has 2 aromatic rings. The number of oxazole rings is 1. The van der Waals surface area contributed by atoms with Crippen LogP contribution in [-0.4, -0.2) is 49.6 Å². The van der Waals surface area contributed by atoms with Gasteiger partial charge in [-0.05, 0) is 32.0 Å². The van der Waals surface area contributed by atoms with E-state index >= 15 is 0 Å². The van der Waals surface area contributed by atoms with Gasteiger partial charge >= 0.3 is 5.97 Å². The molecule has 0 bridgehead atoms. The van der Waals surface area contributed by atoms with Gasteiger partial charge < -0.3 is 9.15 Å². The molecular formula is C14H18N2O5S2. The van der Waals surface area contributed by atoms with E-state index in [1.54, 1.807) is 19.9 Å². The van der Waals surface area contributed by atoms with Crippen LogP contribution in [0, 0.1) is 0 Å². The average molecular weight is 358 g/mol. The Balaban J connectivity index is 2.18.